The monoisotopic (exact) mass is 200 g/mol. The fraction of sp³-hybridized carbons (Fsp3) is 0.250. The Kier molecular flexibility index (Phi) is 2.76. The fourth-order valence-electron chi connectivity index (χ4n) is 1.15. The highest BCUT2D eigenvalue weighted by Crippen LogP contribution is 2.31. The first-order valence-electron chi connectivity index (χ1n) is 3.82. The molecule has 1 aromatic rings. The molecule has 1 aromatic carbocycles. The number of aryl methyl sites for hydroxylation is 2. The van der Waals surface area contributed by atoms with Gasteiger partial charge in [-0.05, 0) is 37.1 Å². The minimum absolute atomic E-state index is 0.450. The van der Waals surface area contributed by atoms with E-state index in [2.05, 4.69) is 0 Å². The van der Waals surface area contributed by atoms with Gasteiger partial charge >= 0.3 is 7.67 Å². The van der Waals surface area contributed by atoms with Gasteiger partial charge in [0.15, 0.2) is 0 Å². The number of hydrogen-bond acceptors (Lipinski definition) is 2. The molecule has 0 atom stereocenters. The van der Waals surface area contributed by atoms with Crippen LogP contribution in [0.5, 0.6) is 5.75 Å². The van der Waals surface area contributed by atoms with Crippen molar-refractivity contribution in [2.24, 2.45) is 11.0 Å². The molecule has 0 fully saturated rings. The molecular weight excluding hydrogens is 187 g/mol. The van der Waals surface area contributed by atoms with Crippen LogP contribution in [0.2, 0.25) is 0 Å². The summed E-state index contributed by atoms with van der Waals surface area (Å²) in [6.07, 6.45) is 0. The van der Waals surface area contributed by atoms with Crippen molar-refractivity contribution in [2.75, 3.05) is 0 Å². The quantitative estimate of drug-likeness (QED) is 0.712. The van der Waals surface area contributed by atoms with Gasteiger partial charge in [-0.25, -0.2) is 15.6 Å². The molecule has 0 aliphatic rings. The summed E-state index contributed by atoms with van der Waals surface area (Å²) >= 11 is 0. The third-order valence-electron chi connectivity index (χ3n) is 1.44. The van der Waals surface area contributed by atoms with Crippen LogP contribution in [0, 0.1) is 13.8 Å². The second kappa shape index (κ2) is 3.50. The Morgan fingerprint density at radius 1 is 1.15 bits per heavy atom. The fourth-order valence-corrected chi connectivity index (χ4v) is 1.59. The molecule has 13 heavy (non-hydrogen) atoms. The van der Waals surface area contributed by atoms with Crippen molar-refractivity contribution in [3.8, 4) is 5.75 Å². The van der Waals surface area contributed by atoms with Crippen molar-refractivity contribution in [3.63, 3.8) is 0 Å². The molecule has 0 aromatic heterocycles. The zero-order valence-corrected chi connectivity index (χ0v) is 8.54. The first-order valence-corrected chi connectivity index (χ1v) is 5.58. The summed E-state index contributed by atoms with van der Waals surface area (Å²) in [7, 11) is -3.43. The molecule has 0 amide bonds. The Morgan fingerprint density at radius 2 is 1.62 bits per heavy atom. The third-order valence-corrected chi connectivity index (χ3v) is 1.94. The van der Waals surface area contributed by atoms with E-state index in [9.17, 15) is 4.57 Å². The van der Waals surface area contributed by atoms with Crippen molar-refractivity contribution in [2.45, 2.75) is 13.8 Å². The maximum Gasteiger partial charge on any atom is 0.385 e. The van der Waals surface area contributed by atoms with E-state index in [1.54, 1.807) is 12.1 Å². The van der Waals surface area contributed by atoms with Gasteiger partial charge in [0, 0.05) is 0 Å². The Balaban J connectivity index is 2.96. The summed E-state index contributed by atoms with van der Waals surface area (Å²) in [5.41, 5.74) is 12.2. The SMILES string of the molecule is Cc1cc(C)cc(OP(N)(N)=O)c1. The van der Waals surface area contributed by atoms with E-state index in [1.165, 1.54) is 0 Å². The minimum Gasteiger partial charge on any atom is -0.422 e. The van der Waals surface area contributed by atoms with Gasteiger partial charge in [0.05, 0.1) is 0 Å². The summed E-state index contributed by atoms with van der Waals surface area (Å²) in [5.74, 6) is 0.450. The summed E-state index contributed by atoms with van der Waals surface area (Å²) in [6.45, 7) is 3.83. The highest BCUT2D eigenvalue weighted by molar-refractivity contribution is 7.54. The van der Waals surface area contributed by atoms with Gasteiger partial charge in [-0.3, -0.25) is 0 Å². The van der Waals surface area contributed by atoms with Crippen LogP contribution in [-0.2, 0) is 4.57 Å². The minimum atomic E-state index is -3.43. The van der Waals surface area contributed by atoms with Crippen LogP contribution in [-0.4, -0.2) is 0 Å². The van der Waals surface area contributed by atoms with Crippen molar-refractivity contribution >= 4 is 7.67 Å². The van der Waals surface area contributed by atoms with Crippen LogP contribution in [0.4, 0.5) is 0 Å². The Labute approximate surface area is 77.4 Å². The van der Waals surface area contributed by atoms with E-state index in [0.717, 1.165) is 11.1 Å². The molecular formula is C8H13N2O2P. The first kappa shape index (κ1) is 10.3. The van der Waals surface area contributed by atoms with Crippen molar-refractivity contribution in [1.29, 1.82) is 0 Å². The standard InChI is InChI=1S/C8H13N2O2P/c1-6-3-7(2)5-8(4-6)12-13(9,10)11/h3-5H,1-2H3,(H4,9,10,11). The highest BCUT2D eigenvalue weighted by Gasteiger charge is 2.10. The largest absolute Gasteiger partial charge is 0.422 e. The summed E-state index contributed by atoms with van der Waals surface area (Å²) in [6, 6.07) is 5.45. The molecule has 5 heteroatoms. The molecule has 72 valence electrons. The van der Waals surface area contributed by atoms with Gasteiger partial charge < -0.3 is 4.52 Å². The lowest BCUT2D eigenvalue weighted by atomic mass is 10.1. The average molecular weight is 200 g/mol. The third kappa shape index (κ3) is 3.59. The van der Waals surface area contributed by atoms with Gasteiger partial charge in [0.2, 0.25) is 0 Å². The number of rotatable bonds is 2. The lowest BCUT2D eigenvalue weighted by molar-refractivity contribution is 0.484. The van der Waals surface area contributed by atoms with Crippen LogP contribution < -0.4 is 15.5 Å². The van der Waals surface area contributed by atoms with Crippen molar-refractivity contribution in [1.82, 2.24) is 0 Å². The predicted molar refractivity (Wildman–Crippen MR) is 52.5 cm³/mol. The molecule has 4 N–H and O–H groups in total. The number of hydrogen-bond donors (Lipinski definition) is 2. The number of benzene rings is 1. The maximum absolute atomic E-state index is 10.9. The van der Waals surface area contributed by atoms with E-state index < -0.39 is 7.67 Å². The van der Waals surface area contributed by atoms with E-state index in [-0.39, 0.29) is 0 Å². The van der Waals surface area contributed by atoms with Crippen LogP contribution in [0.25, 0.3) is 0 Å². The topological polar surface area (TPSA) is 78.3 Å². The molecule has 0 aliphatic carbocycles. The van der Waals surface area contributed by atoms with E-state index in [1.807, 2.05) is 19.9 Å². The average Bonchev–Trinajstić information content (AvgIpc) is 1.78. The van der Waals surface area contributed by atoms with Crippen LogP contribution in [0.1, 0.15) is 11.1 Å². The maximum atomic E-state index is 10.9. The molecule has 1 rings (SSSR count). The number of nitrogens with two attached hydrogens (primary N) is 2. The second-order valence-corrected chi connectivity index (χ2v) is 4.53. The van der Waals surface area contributed by atoms with Gasteiger partial charge in [-0.2, -0.15) is 0 Å². The van der Waals surface area contributed by atoms with E-state index in [0.29, 0.717) is 5.75 Å². The Hall–Kier alpha value is -0.830. The zero-order chi connectivity index (χ0) is 10.1. The van der Waals surface area contributed by atoms with Crippen LogP contribution >= 0.6 is 7.67 Å². The molecule has 0 saturated carbocycles. The lowest BCUT2D eigenvalue weighted by Gasteiger charge is -2.10. The molecule has 0 radical (unpaired) electrons. The van der Waals surface area contributed by atoms with Crippen molar-refractivity contribution < 1.29 is 9.09 Å². The van der Waals surface area contributed by atoms with Gasteiger partial charge in [-0.15, -0.1) is 0 Å². The highest BCUT2D eigenvalue weighted by atomic mass is 31.2. The summed E-state index contributed by atoms with van der Waals surface area (Å²) in [4.78, 5) is 0. The van der Waals surface area contributed by atoms with Crippen LogP contribution in [0.15, 0.2) is 18.2 Å². The lowest BCUT2D eigenvalue weighted by Crippen LogP contribution is -2.10. The molecule has 0 bridgehead atoms. The molecule has 0 saturated heterocycles. The molecule has 0 unspecified atom stereocenters. The van der Waals surface area contributed by atoms with Gasteiger partial charge in [-0.1, -0.05) is 6.07 Å². The Morgan fingerprint density at radius 3 is 2.00 bits per heavy atom. The molecule has 0 heterocycles. The van der Waals surface area contributed by atoms with E-state index in [4.69, 9.17) is 15.5 Å². The normalized spacial score (nSPS) is 11.4. The van der Waals surface area contributed by atoms with Crippen LogP contribution in [0.3, 0.4) is 0 Å². The van der Waals surface area contributed by atoms with Crippen molar-refractivity contribution in [3.05, 3.63) is 29.3 Å². The summed E-state index contributed by atoms with van der Waals surface area (Å²) in [5, 5.41) is 0. The molecule has 0 spiro atoms. The smallest absolute Gasteiger partial charge is 0.385 e. The Bertz CT molecular complexity index is 339. The second-order valence-electron chi connectivity index (χ2n) is 3.06. The molecule has 0 aliphatic heterocycles. The van der Waals surface area contributed by atoms with Gasteiger partial charge in [0.1, 0.15) is 5.75 Å². The van der Waals surface area contributed by atoms with E-state index >= 15 is 0 Å². The zero-order valence-electron chi connectivity index (χ0n) is 7.65. The predicted octanol–water partition coefficient (Wildman–Crippen LogP) is 1.71. The summed E-state index contributed by atoms with van der Waals surface area (Å²) < 4.78 is 15.8. The van der Waals surface area contributed by atoms with Gasteiger partial charge in [0.25, 0.3) is 0 Å². The first-order chi connectivity index (χ1) is 5.87. The molecule has 4 nitrogen and oxygen atoms in total.